The lowest BCUT2D eigenvalue weighted by Gasteiger charge is -2.17. The minimum atomic E-state index is -1.89. The molecule has 1 aliphatic heterocycles. The highest BCUT2D eigenvalue weighted by Crippen LogP contribution is 2.22. The lowest BCUT2D eigenvalue weighted by molar-refractivity contribution is -0.126. The molecule has 1 fully saturated rings. The topological polar surface area (TPSA) is 67.4 Å². The van der Waals surface area contributed by atoms with Crippen molar-refractivity contribution in [2.24, 2.45) is 0 Å². The van der Waals surface area contributed by atoms with Crippen LogP contribution >= 0.6 is 0 Å². The Labute approximate surface area is 116 Å². The van der Waals surface area contributed by atoms with E-state index in [0.29, 0.717) is 17.8 Å². The smallest absolute Gasteiger partial charge is 0.338 e. The van der Waals surface area contributed by atoms with Crippen molar-refractivity contribution < 1.29 is 18.7 Å². The predicted molar refractivity (Wildman–Crippen MR) is 72.4 cm³/mol. The number of ether oxygens (including phenoxy) is 1. The summed E-state index contributed by atoms with van der Waals surface area (Å²) < 4.78 is 19.1. The highest BCUT2D eigenvalue weighted by atomic mass is 19.1. The quantitative estimate of drug-likeness (QED) is 0.820. The summed E-state index contributed by atoms with van der Waals surface area (Å²) in [5.74, 6) is -1.16. The second kappa shape index (κ2) is 6.00. The molecule has 0 aromatic heterocycles. The highest BCUT2D eigenvalue weighted by Gasteiger charge is 2.41. The Hall–Kier alpha value is -1.95. The molecule has 0 bridgehead atoms. The molecule has 0 unspecified atom stereocenters. The van der Waals surface area contributed by atoms with Crippen molar-refractivity contribution in [1.29, 1.82) is 0 Å². The summed E-state index contributed by atoms with van der Waals surface area (Å²) in [5, 5.41) is 5.32. The van der Waals surface area contributed by atoms with Crippen molar-refractivity contribution in [3.05, 3.63) is 29.8 Å². The Kier molecular flexibility index (Phi) is 4.34. The van der Waals surface area contributed by atoms with Crippen LogP contribution in [0.25, 0.3) is 0 Å². The molecular formula is C14H17FN2O3. The molecule has 20 heavy (non-hydrogen) atoms. The van der Waals surface area contributed by atoms with Gasteiger partial charge in [0.1, 0.15) is 0 Å². The molecule has 0 radical (unpaired) electrons. The number of benzene rings is 1. The van der Waals surface area contributed by atoms with Crippen LogP contribution in [0.5, 0.6) is 0 Å². The van der Waals surface area contributed by atoms with Crippen LogP contribution in [0.4, 0.5) is 10.1 Å². The third-order valence-electron chi connectivity index (χ3n) is 3.14. The lowest BCUT2D eigenvalue weighted by atomic mass is 10.0. The molecule has 108 valence electrons. The summed E-state index contributed by atoms with van der Waals surface area (Å²) in [4.78, 5) is 23.5. The molecular weight excluding hydrogens is 263 g/mol. The second-order valence-electron chi connectivity index (χ2n) is 4.65. The molecule has 1 atom stereocenters. The molecule has 1 saturated heterocycles. The molecule has 1 heterocycles. The number of hydrogen-bond acceptors (Lipinski definition) is 4. The zero-order valence-electron chi connectivity index (χ0n) is 11.2. The zero-order chi connectivity index (χ0) is 14.6. The normalized spacial score (nSPS) is 21.5. The first-order valence-corrected chi connectivity index (χ1v) is 6.53. The van der Waals surface area contributed by atoms with E-state index in [4.69, 9.17) is 4.74 Å². The Bertz CT molecular complexity index is 513. The van der Waals surface area contributed by atoms with Crippen LogP contribution in [0, 0.1) is 0 Å². The maximum atomic E-state index is 14.2. The largest absolute Gasteiger partial charge is 0.462 e. The maximum Gasteiger partial charge on any atom is 0.338 e. The van der Waals surface area contributed by atoms with Crippen LogP contribution in [-0.4, -0.2) is 37.2 Å². The van der Waals surface area contributed by atoms with E-state index in [1.54, 1.807) is 25.1 Å². The molecule has 2 N–H and O–H groups in total. The standard InChI is InChI=1S/C14H17FN2O3/c1-2-20-12(18)10-4-3-5-11(8-10)17-13(19)14(15)6-7-16-9-14/h3-5,8,16H,2,6-7,9H2,1H3,(H,17,19)/t14-/m1/s1. The average Bonchev–Trinajstić information content (AvgIpc) is 2.88. The number of alkyl halides is 1. The summed E-state index contributed by atoms with van der Waals surface area (Å²) in [6, 6.07) is 6.27. The minimum absolute atomic E-state index is 0.0103. The van der Waals surface area contributed by atoms with E-state index in [1.807, 2.05) is 0 Å². The van der Waals surface area contributed by atoms with Crippen LogP contribution < -0.4 is 10.6 Å². The van der Waals surface area contributed by atoms with Crippen molar-refractivity contribution in [1.82, 2.24) is 5.32 Å². The van der Waals surface area contributed by atoms with E-state index in [-0.39, 0.29) is 19.6 Å². The van der Waals surface area contributed by atoms with Gasteiger partial charge in [0.2, 0.25) is 5.67 Å². The van der Waals surface area contributed by atoms with Gasteiger partial charge < -0.3 is 15.4 Å². The SMILES string of the molecule is CCOC(=O)c1cccc(NC(=O)[C@@]2(F)CCNC2)c1. The van der Waals surface area contributed by atoms with Crippen molar-refractivity contribution in [3.63, 3.8) is 0 Å². The van der Waals surface area contributed by atoms with Gasteiger partial charge in [0, 0.05) is 18.7 Å². The molecule has 1 amide bonds. The minimum Gasteiger partial charge on any atom is -0.462 e. The van der Waals surface area contributed by atoms with Crippen LogP contribution in [0.2, 0.25) is 0 Å². The van der Waals surface area contributed by atoms with Crippen molar-refractivity contribution in [2.45, 2.75) is 19.0 Å². The van der Waals surface area contributed by atoms with Crippen LogP contribution in [0.3, 0.4) is 0 Å². The van der Waals surface area contributed by atoms with Gasteiger partial charge in [-0.2, -0.15) is 0 Å². The number of carbonyl (C=O) groups is 2. The summed E-state index contributed by atoms with van der Waals surface area (Å²) in [6.07, 6.45) is 0.149. The monoisotopic (exact) mass is 280 g/mol. The fourth-order valence-corrected chi connectivity index (χ4v) is 2.04. The molecule has 1 aromatic rings. The zero-order valence-corrected chi connectivity index (χ0v) is 11.2. The molecule has 1 aromatic carbocycles. The first kappa shape index (κ1) is 14.5. The van der Waals surface area contributed by atoms with Gasteiger partial charge in [0.25, 0.3) is 5.91 Å². The van der Waals surface area contributed by atoms with Gasteiger partial charge in [0.15, 0.2) is 0 Å². The summed E-state index contributed by atoms with van der Waals surface area (Å²) >= 11 is 0. The van der Waals surface area contributed by atoms with Gasteiger partial charge in [-0.25, -0.2) is 9.18 Å². The lowest BCUT2D eigenvalue weighted by Crippen LogP contribution is -2.40. The number of halogens is 1. The van der Waals surface area contributed by atoms with Crippen LogP contribution in [0.15, 0.2) is 24.3 Å². The second-order valence-corrected chi connectivity index (χ2v) is 4.65. The number of hydrogen-bond donors (Lipinski definition) is 2. The van der Waals surface area contributed by atoms with Gasteiger partial charge in [-0.15, -0.1) is 0 Å². The van der Waals surface area contributed by atoms with Crippen molar-refractivity contribution in [2.75, 3.05) is 25.0 Å². The predicted octanol–water partition coefficient (Wildman–Crippen LogP) is 1.50. The summed E-state index contributed by atoms with van der Waals surface area (Å²) in [7, 11) is 0. The van der Waals surface area contributed by atoms with E-state index in [9.17, 15) is 14.0 Å². The fourth-order valence-electron chi connectivity index (χ4n) is 2.04. The van der Waals surface area contributed by atoms with E-state index in [2.05, 4.69) is 10.6 Å². The molecule has 2 rings (SSSR count). The third-order valence-corrected chi connectivity index (χ3v) is 3.14. The number of anilines is 1. The summed E-state index contributed by atoms with van der Waals surface area (Å²) in [6.45, 7) is 2.47. The van der Waals surface area contributed by atoms with Gasteiger partial charge in [-0.05, 0) is 31.7 Å². The summed E-state index contributed by atoms with van der Waals surface area (Å²) in [5.41, 5.74) is -1.19. The number of carbonyl (C=O) groups excluding carboxylic acids is 2. The van der Waals surface area contributed by atoms with Gasteiger partial charge >= 0.3 is 5.97 Å². The van der Waals surface area contributed by atoms with Crippen molar-refractivity contribution in [3.8, 4) is 0 Å². The Morgan fingerprint density at radius 2 is 2.30 bits per heavy atom. The third kappa shape index (κ3) is 3.14. The maximum absolute atomic E-state index is 14.2. The number of esters is 1. The van der Waals surface area contributed by atoms with E-state index in [0.717, 1.165) is 0 Å². The fraction of sp³-hybridized carbons (Fsp3) is 0.429. The number of nitrogens with one attached hydrogen (secondary N) is 2. The Morgan fingerprint density at radius 3 is 2.95 bits per heavy atom. The van der Waals surface area contributed by atoms with Gasteiger partial charge in [-0.3, -0.25) is 4.79 Å². The molecule has 0 spiro atoms. The number of amides is 1. The molecule has 6 heteroatoms. The first-order valence-electron chi connectivity index (χ1n) is 6.53. The number of rotatable bonds is 4. The van der Waals surface area contributed by atoms with Crippen molar-refractivity contribution >= 4 is 17.6 Å². The molecule has 1 aliphatic rings. The molecule has 0 aliphatic carbocycles. The van der Waals surface area contributed by atoms with E-state index < -0.39 is 17.5 Å². The van der Waals surface area contributed by atoms with Crippen LogP contribution in [-0.2, 0) is 9.53 Å². The van der Waals surface area contributed by atoms with Gasteiger partial charge in [-0.1, -0.05) is 6.07 Å². The van der Waals surface area contributed by atoms with Gasteiger partial charge in [0.05, 0.1) is 12.2 Å². The van der Waals surface area contributed by atoms with Crippen LogP contribution in [0.1, 0.15) is 23.7 Å². The van der Waals surface area contributed by atoms with E-state index >= 15 is 0 Å². The Balaban J connectivity index is 2.08. The average molecular weight is 280 g/mol. The van der Waals surface area contributed by atoms with E-state index in [1.165, 1.54) is 6.07 Å². The molecule has 0 saturated carbocycles. The Morgan fingerprint density at radius 1 is 1.50 bits per heavy atom. The molecule has 5 nitrogen and oxygen atoms in total. The highest BCUT2D eigenvalue weighted by molar-refractivity contribution is 5.99. The first-order chi connectivity index (χ1) is 9.55.